The Morgan fingerprint density at radius 2 is 1.52 bits per heavy atom. The van der Waals surface area contributed by atoms with Gasteiger partial charge in [0, 0.05) is 12.6 Å². The predicted octanol–water partition coefficient (Wildman–Crippen LogP) is 5.54. The van der Waals surface area contributed by atoms with Crippen LogP contribution in [0.2, 0.25) is 0 Å². The number of carbonyl (C=O) groups is 2. The van der Waals surface area contributed by atoms with Crippen molar-refractivity contribution in [3.63, 3.8) is 0 Å². The molecule has 3 aromatic rings. The number of nitrogens with one attached hydrogen (secondary N) is 1. The third-order valence-electron chi connectivity index (χ3n) is 7.26. The molecule has 0 saturated carbocycles. The van der Waals surface area contributed by atoms with E-state index in [4.69, 9.17) is 4.74 Å². The number of hydrogen-bond donors (Lipinski definition) is 1. The molecule has 0 heterocycles. The van der Waals surface area contributed by atoms with Crippen molar-refractivity contribution in [3.8, 4) is 5.75 Å². The number of carbonyl (C=O) groups excluding carboxylic acids is 2. The van der Waals surface area contributed by atoms with Crippen molar-refractivity contribution in [1.82, 2.24) is 10.2 Å². The second kappa shape index (κ2) is 14.4. The molecule has 0 radical (unpaired) electrons. The van der Waals surface area contributed by atoms with Gasteiger partial charge in [-0.15, -0.1) is 0 Å². The van der Waals surface area contributed by atoms with Gasteiger partial charge in [0.15, 0.2) is 0 Å². The molecular weight excluding hydrogens is 550 g/mol. The molecule has 226 valence electrons. The Kier molecular flexibility index (Phi) is 11.2. The lowest BCUT2D eigenvalue weighted by atomic mass is 10.1. The SMILES string of the molecule is CC[C@H](C(=O)N[C@@H](C)CC)N(Cc1cccc(OC)c1)C(=O)CN(c1cc(C)cc(C)c1)S(=O)(=O)c1ccc(C)cc1. The minimum atomic E-state index is -4.13. The van der Waals surface area contributed by atoms with E-state index in [1.165, 1.54) is 4.90 Å². The summed E-state index contributed by atoms with van der Waals surface area (Å²) < 4.78 is 34.7. The van der Waals surface area contributed by atoms with Crippen LogP contribution in [0.1, 0.15) is 55.9 Å². The molecule has 0 fully saturated rings. The van der Waals surface area contributed by atoms with E-state index in [9.17, 15) is 18.0 Å². The summed E-state index contributed by atoms with van der Waals surface area (Å²) in [5.74, 6) is -0.142. The summed E-state index contributed by atoms with van der Waals surface area (Å²) >= 11 is 0. The van der Waals surface area contributed by atoms with Gasteiger partial charge in [0.25, 0.3) is 10.0 Å². The number of rotatable bonds is 13. The highest BCUT2D eigenvalue weighted by Crippen LogP contribution is 2.27. The second-order valence-electron chi connectivity index (χ2n) is 10.8. The molecule has 3 rings (SSSR count). The van der Waals surface area contributed by atoms with E-state index in [1.54, 1.807) is 49.6 Å². The number of aryl methyl sites for hydroxylation is 3. The highest BCUT2D eigenvalue weighted by molar-refractivity contribution is 7.92. The van der Waals surface area contributed by atoms with Gasteiger partial charge in [-0.2, -0.15) is 0 Å². The predicted molar refractivity (Wildman–Crippen MR) is 167 cm³/mol. The number of hydrogen-bond acceptors (Lipinski definition) is 5. The Hall–Kier alpha value is -3.85. The Morgan fingerprint density at radius 1 is 0.881 bits per heavy atom. The van der Waals surface area contributed by atoms with Gasteiger partial charge < -0.3 is 15.0 Å². The zero-order valence-corrected chi connectivity index (χ0v) is 26.5. The van der Waals surface area contributed by atoms with Crippen molar-refractivity contribution in [2.24, 2.45) is 0 Å². The molecule has 0 aliphatic carbocycles. The Morgan fingerprint density at radius 3 is 2.10 bits per heavy atom. The van der Waals surface area contributed by atoms with Crippen LogP contribution < -0.4 is 14.4 Å². The van der Waals surface area contributed by atoms with E-state index in [0.717, 1.165) is 33.0 Å². The molecule has 0 spiro atoms. The lowest BCUT2D eigenvalue weighted by Gasteiger charge is -2.34. The van der Waals surface area contributed by atoms with E-state index in [2.05, 4.69) is 5.32 Å². The first-order chi connectivity index (χ1) is 19.9. The number of benzene rings is 3. The molecule has 0 bridgehead atoms. The normalized spacial score (nSPS) is 12.7. The molecule has 1 N–H and O–H groups in total. The first-order valence-corrected chi connectivity index (χ1v) is 15.7. The van der Waals surface area contributed by atoms with E-state index in [-0.39, 0.29) is 23.4 Å². The Balaban J connectivity index is 2.10. The fourth-order valence-electron chi connectivity index (χ4n) is 4.79. The van der Waals surface area contributed by atoms with Crippen molar-refractivity contribution in [1.29, 1.82) is 0 Å². The molecule has 0 saturated heterocycles. The zero-order chi connectivity index (χ0) is 31.0. The third kappa shape index (κ3) is 8.12. The van der Waals surface area contributed by atoms with Crippen LogP contribution in [0.15, 0.2) is 71.6 Å². The second-order valence-corrected chi connectivity index (χ2v) is 12.6. The van der Waals surface area contributed by atoms with E-state index >= 15 is 0 Å². The first-order valence-electron chi connectivity index (χ1n) is 14.3. The topological polar surface area (TPSA) is 96.0 Å². The molecule has 8 nitrogen and oxygen atoms in total. The van der Waals surface area contributed by atoms with Crippen LogP contribution in [0.4, 0.5) is 5.69 Å². The summed E-state index contributed by atoms with van der Waals surface area (Å²) in [7, 11) is -2.56. The Bertz CT molecular complexity index is 1470. The number of amides is 2. The van der Waals surface area contributed by atoms with Crippen molar-refractivity contribution < 1.29 is 22.7 Å². The highest BCUT2D eigenvalue weighted by Gasteiger charge is 2.34. The van der Waals surface area contributed by atoms with Gasteiger partial charge in [-0.1, -0.05) is 49.7 Å². The molecule has 42 heavy (non-hydrogen) atoms. The van der Waals surface area contributed by atoms with Crippen molar-refractivity contribution >= 4 is 27.5 Å². The van der Waals surface area contributed by atoms with Crippen LogP contribution in [0.5, 0.6) is 5.75 Å². The average molecular weight is 594 g/mol. The van der Waals surface area contributed by atoms with Gasteiger partial charge in [0.05, 0.1) is 17.7 Å². The maximum absolute atomic E-state index is 14.3. The maximum Gasteiger partial charge on any atom is 0.264 e. The van der Waals surface area contributed by atoms with Crippen molar-refractivity contribution in [3.05, 3.63) is 89.0 Å². The molecule has 0 aromatic heterocycles. The van der Waals surface area contributed by atoms with Gasteiger partial charge in [-0.05, 0) is 93.6 Å². The van der Waals surface area contributed by atoms with Crippen LogP contribution in [-0.2, 0) is 26.2 Å². The van der Waals surface area contributed by atoms with Gasteiger partial charge >= 0.3 is 0 Å². The summed E-state index contributed by atoms with van der Waals surface area (Å²) in [5.41, 5.74) is 3.81. The summed E-state index contributed by atoms with van der Waals surface area (Å²) in [4.78, 5) is 29.3. The van der Waals surface area contributed by atoms with Crippen LogP contribution in [0, 0.1) is 20.8 Å². The summed E-state index contributed by atoms with van der Waals surface area (Å²) in [6.07, 6.45) is 1.09. The summed E-state index contributed by atoms with van der Waals surface area (Å²) in [6, 6.07) is 18.4. The fourth-order valence-corrected chi connectivity index (χ4v) is 6.19. The van der Waals surface area contributed by atoms with E-state index in [1.807, 2.05) is 65.8 Å². The number of anilines is 1. The van der Waals surface area contributed by atoms with Crippen LogP contribution in [0.25, 0.3) is 0 Å². The standard InChI is InChI=1S/C33H43N3O5S/c1-8-26(6)34-33(38)31(9-2)35(21-27-11-10-12-29(20-27)41-7)32(37)22-36(28-18-24(4)17-25(5)19-28)42(39,40)30-15-13-23(3)14-16-30/h10-20,26,31H,8-9,21-22H2,1-7H3,(H,34,38)/t26-,31+/m0/s1. The minimum Gasteiger partial charge on any atom is -0.497 e. The molecule has 0 aliphatic heterocycles. The van der Waals surface area contributed by atoms with Gasteiger partial charge in [-0.3, -0.25) is 13.9 Å². The lowest BCUT2D eigenvalue weighted by molar-refractivity contribution is -0.140. The average Bonchev–Trinajstić information content (AvgIpc) is 2.95. The summed E-state index contributed by atoms with van der Waals surface area (Å²) in [6.45, 7) is 11.0. The maximum atomic E-state index is 14.3. The van der Waals surface area contributed by atoms with Crippen molar-refractivity contribution in [2.75, 3.05) is 18.0 Å². The molecule has 0 aliphatic rings. The van der Waals surface area contributed by atoms with Crippen LogP contribution in [0.3, 0.4) is 0 Å². The van der Waals surface area contributed by atoms with Gasteiger partial charge in [-0.25, -0.2) is 8.42 Å². The highest BCUT2D eigenvalue weighted by atomic mass is 32.2. The van der Waals surface area contributed by atoms with E-state index in [0.29, 0.717) is 17.9 Å². The molecule has 2 amide bonds. The first kappa shape index (κ1) is 32.7. The van der Waals surface area contributed by atoms with Crippen LogP contribution in [-0.4, -0.2) is 50.9 Å². The van der Waals surface area contributed by atoms with Crippen LogP contribution >= 0.6 is 0 Å². The molecule has 3 aromatic carbocycles. The molecular formula is C33H43N3O5S. The largest absolute Gasteiger partial charge is 0.497 e. The molecule has 0 unspecified atom stereocenters. The number of ether oxygens (including phenoxy) is 1. The molecule has 2 atom stereocenters. The monoisotopic (exact) mass is 593 g/mol. The number of methoxy groups -OCH3 is 1. The van der Waals surface area contributed by atoms with E-state index < -0.39 is 28.5 Å². The quantitative estimate of drug-likeness (QED) is 0.281. The number of sulfonamides is 1. The third-order valence-corrected chi connectivity index (χ3v) is 9.04. The summed E-state index contributed by atoms with van der Waals surface area (Å²) in [5, 5.41) is 3.00. The number of nitrogens with zero attached hydrogens (tertiary/aromatic N) is 2. The fraction of sp³-hybridized carbons (Fsp3) is 0.394. The van der Waals surface area contributed by atoms with Gasteiger partial charge in [0.2, 0.25) is 11.8 Å². The zero-order valence-electron chi connectivity index (χ0n) is 25.7. The Labute approximate surface area is 250 Å². The smallest absolute Gasteiger partial charge is 0.264 e. The van der Waals surface area contributed by atoms with Gasteiger partial charge in [0.1, 0.15) is 18.3 Å². The van der Waals surface area contributed by atoms with Crippen molar-refractivity contribution in [2.45, 2.75) is 77.9 Å². The lowest BCUT2D eigenvalue weighted by Crippen LogP contribution is -2.53. The molecule has 9 heteroatoms. The minimum absolute atomic E-state index is 0.0750.